The first-order chi connectivity index (χ1) is 11.8. The molecule has 1 amide bonds. The number of pyridine rings is 1. The van der Waals surface area contributed by atoms with Crippen molar-refractivity contribution in [2.45, 2.75) is 19.8 Å². The van der Waals surface area contributed by atoms with Gasteiger partial charge >= 0.3 is 5.91 Å². The van der Waals surface area contributed by atoms with E-state index in [1.807, 2.05) is 65.3 Å². The van der Waals surface area contributed by atoms with Crippen molar-refractivity contribution in [1.82, 2.24) is 0 Å². The lowest BCUT2D eigenvalue weighted by Crippen LogP contribution is -2.53. The molecule has 0 aliphatic carbocycles. The Bertz CT molecular complexity index is 814. The zero-order valence-electron chi connectivity index (χ0n) is 13.8. The van der Waals surface area contributed by atoms with E-state index >= 15 is 0 Å². The topological polar surface area (TPSA) is 33.0 Å². The number of benzene rings is 2. The maximum absolute atomic E-state index is 12.6. The molecule has 1 aromatic heterocycles. The number of aromatic nitrogens is 1. The molecule has 0 saturated carbocycles. The van der Waals surface area contributed by atoms with Crippen molar-refractivity contribution >= 4 is 5.91 Å². The summed E-state index contributed by atoms with van der Waals surface area (Å²) in [7, 11) is 0. The molecule has 0 fully saturated rings. The van der Waals surface area contributed by atoms with Gasteiger partial charge in [0.15, 0.2) is 0 Å². The second-order valence-electron chi connectivity index (χ2n) is 5.66. The van der Waals surface area contributed by atoms with Crippen LogP contribution in [0.5, 0.6) is 0 Å². The number of hydrogen-bond acceptors (Lipinski definition) is 1. The number of nitrogens with zero attached hydrogens (tertiary/aromatic N) is 1. The standard InChI is InChI=1S/C21H20N2O/c1-2-10-19-15-9-16-20(17-11-5-3-6-12-17)23(19)22-21(24)18-13-7-4-8-14-18/h3-9,11-16H,2,10H2,1H3/p+1. The minimum absolute atomic E-state index is 0.110. The molecule has 120 valence electrons. The molecular formula is C21H21N2O+. The van der Waals surface area contributed by atoms with Crippen molar-refractivity contribution in [3.05, 3.63) is 90.1 Å². The van der Waals surface area contributed by atoms with Gasteiger partial charge in [-0.15, -0.1) is 5.43 Å². The molecule has 24 heavy (non-hydrogen) atoms. The highest BCUT2D eigenvalue weighted by atomic mass is 16.2. The summed E-state index contributed by atoms with van der Waals surface area (Å²) in [6.45, 7) is 2.14. The number of nitrogens with one attached hydrogen (secondary N) is 1. The van der Waals surface area contributed by atoms with E-state index in [9.17, 15) is 4.79 Å². The van der Waals surface area contributed by atoms with Crippen LogP contribution < -0.4 is 10.1 Å². The third-order valence-electron chi connectivity index (χ3n) is 3.90. The van der Waals surface area contributed by atoms with Crippen molar-refractivity contribution in [1.29, 1.82) is 0 Å². The molecule has 3 nitrogen and oxygen atoms in total. The van der Waals surface area contributed by atoms with Gasteiger partial charge in [-0.1, -0.05) is 48.0 Å². The average Bonchev–Trinajstić information content (AvgIpc) is 2.64. The molecule has 0 spiro atoms. The first-order valence-corrected chi connectivity index (χ1v) is 8.25. The summed E-state index contributed by atoms with van der Waals surface area (Å²) in [6, 6.07) is 25.5. The van der Waals surface area contributed by atoms with Crippen molar-refractivity contribution < 1.29 is 9.47 Å². The zero-order chi connectivity index (χ0) is 16.8. The lowest BCUT2D eigenvalue weighted by molar-refractivity contribution is -0.638. The Morgan fingerprint density at radius 3 is 2.21 bits per heavy atom. The van der Waals surface area contributed by atoms with E-state index in [-0.39, 0.29) is 5.91 Å². The van der Waals surface area contributed by atoms with Crippen molar-refractivity contribution in [2.75, 3.05) is 5.43 Å². The molecule has 0 unspecified atom stereocenters. The fourth-order valence-corrected chi connectivity index (χ4v) is 2.73. The summed E-state index contributed by atoms with van der Waals surface area (Å²) in [6.07, 6.45) is 1.91. The molecule has 2 aromatic carbocycles. The normalized spacial score (nSPS) is 10.4. The molecule has 0 saturated heterocycles. The molecule has 0 atom stereocenters. The van der Waals surface area contributed by atoms with Crippen LogP contribution in [0, 0.1) is 0 Å². The number of carbonyl (C=O) groups is 1. The van der Waals surface area contributed by atoms with Gasteiger partial charge in [0.05, 0.1) is 0 Å². The summed E-state index contributed by atoms with van der Waals surface area (Å²) in [5.74, 6) is -0.110. The molecule has 0 aliphatic heterocycles. The second-order valence-corrected chi connectivity index (χ2v) is 5.66. The van der Waals surface area contributed by atoms with Crippen molar-refractivity contribution in [3.8, 4) is 11.3 Å². The molecule has 3 rings (SSSR count). The van der Waals surface area contributed by atoms with Crippen LogP contribution in [0.1, 0.15) is 29.4 Å². The largest absolute Gasteiger partial charge is 0.305 e. The monoisotopic (exact) mass is 317 g/mol. The van der Waals surface area contributed by atoms with E-state index in [1.165, 1.54) is 0 Å². The molecule has 0 aliphatic rings. The number of rotatable bonds is 5. The molecule has 3 heteroatoms. The van der Waals surface area contributed by atoms with Crippen LogP contribution >= 0.6 is 0 Å². The van der Waals surface area contributed by atoms with Gasteiger partial charge in [-0.2, -0.15) is 0 Å². The fraction of sp³-hybridized carbons (Fsp3) is 0.143. The summed E-state index contributed by atoms with van der Waals surface area (Å²) in [4.78, 5) is 12.6. The lowest BCUT2D eigenvalue weighted by Gasteiger charge is -2.08. The van der Waals surface area contributed by atoms with E-state index in [2.05, 4.69) is 30.5 Å². The van der Waals surface area contributed by atoms with Crippen LogP contribution in [0.3, 0.4) is 0 Å². The molecule has 0 bridgehead atoms. The number of amides is 1. The first-order valence-electron chi connectivity index (χ1n) is 8.25. The Morgan fingerprint density at radius 2 is 1.54 bits per heavy atom. The van der Waals surface area contributed by atoms with Crippen LogP contribution in [0.2, 0.25) is 0 Å². The Morgan fingerprint density at radius 1 is 0.875 bits per heavy atom. The number of carbonyl (C=O) groups excluding carboxylic acids is 1. The van der Waals surface area contributed by atoms with Crippen LogP contribution in [-0.4, -0.2) is 5.91 Å². The highest BCUT2D eigenvalue weighted by Gasteiger charge is 2.21. The summed E-state index contributed by atoms with van der Waals surface area (Å²) in [5, 5.41) is 0. The summed E-state index contributed by atoms with van der Waals surface area (Å²) in [5.41, 5.74) is 6.84. The molecule has 1 heterocycles. The average molecular weight is 317 g/mol. The fourth-order valence-electron chi connectivity index (χ4n) is 2.73. The SMILES string of the molecule is CCCc1cccc(-c2ccccc2)[n+]1NC(=O)c1ccccc1. The first kappa shape index (κ1) is 15.9. The molecular weight excluding hydrogens is 296 g/mol. The van der Waals surface area contributed by atoms with Gasteiger partial charge in [0.25, 0.3) is 0 Å². The van der Waals surface area contributed by atoms with Crippen LogP contribution in [0.25, 0.3) is 11.3 Å². The Hall–Kier alpha value is -2.94. The lowest BCUT2D eigenvalue weighted by atomic mass is 10.1. The van der Waals surface area contributed by atoms with E-state index in [4.69, 9.17) is 0 Å². The molecule has 3 aromatic rings. The second kappa shape index (κ2) is 7.55. The maximum atomic E-state index is 12.6. The quantitative estimate of drug-likeness (QED) is 0.710. The third kappa shape index (κ3) is 3.51. The van der Waals surface area contributed by atoms with Gasteiger partial charge in [0.2, 0.25) is 11.4 Å². The van der Waals surface area contributed by atoms with Gasteiger partial charge < -0.3 is 0 Å². The van der Waals surface area contributed by atoms with Crippen molar-refractivity contribution in [3.63, 3.8) is 0 Å². The summed E-state index contributed by atoms with van der Waals surface area (Å²) >= 11 is 0. The Labute approximate surface area is 142 Å². The van der Waals surface area contributed by atoms with Crippen molar-refractivity contribution in [2.24, 2.45) is 0 Å². The van der Waals surface area contributed by atoms with E-state index < -0.39 is 0 Å². The molecule has 0 radical (unpaired) electrons. The third-order valence-corrected chi connectivity index (χ3v) is 3.90. The van der Waals surface area contributed by atoms with Crippen LogP contribution in [-0.2, 0) is 6.42 Å². The smallest absolute Gasteiger partial charge is 0.264 e. The van der Waals surface area contributed by atoms with Gasteiger partial charge in [-0.05, 0) is 36.8 Å². The highest BCUT2D eigenvalue weighted by Crippen LogP contribution is 2.15. The maximum Gasteiger partial charge on any atom is 0.305 e. The van der Waals surface area contributed by atoms with Gasteiger partial charge in [-0.3, -0.25) is 4.79 Å². The Kier molecular flexibility index (Phi) is 5.02. The minimum atomic E-state index is -0.110. The molecule has 1 N–H and O–H groups in total. The van der Waals surface area contributed by atoms with E-state index in [0.29, 0.717) is 5.56 Å². The predicted molar refractivity (Wildman–Crippen MR) is 96.2 cm³/mol. The number of aryl methyl sites for hydroxylation is 1. The minimum Gasteiger partial charge on any atom is -0.264 e. The highest BCUT2D eigenvalue weighted by molar-refractivity contribution is 5.98. The van der Waals surface area contributed by atoms with Gasteiger partial charge in [-0.25, -0.2) is 0 Å². The van der Waals surface area contributed by atoms with Gasteiger partial charge in [0, 0.05) is 29.7 Å². The van der Waals surface area contributed by atoms with Crippen LogP contribution in [0.15, 0.2) is 78.9 Å². The van der Waals surface area contributed by atoms with E-state index in [1.54, 1.807) is 0 Å². The summed E-state index contributed by atoms with van der Waals surface area (Å²) < 4.78 is 1.91. The predicted octanol–water partition coefficient (Wildman–Crippen LogP) is 3.98. The van der Waals surface area contributed by atoms with E-state index in [0.717, 1.165) is 29.8 Å². The van der Waals surface area contributed by atoms with Crippen LogP contribution in [0.4, 0.5) is 0 Å². The zero-order valence-corrected chi connectivity index (χ0v) is 13.8. The van der Waals surface area contributed by atoms with Gasteiger partial charge in [0.1, 0.15) is 0 Å². The number of hydrogen-bond donors (Lipinski definition) is 1. The Balaban J connectivity index is 2.02.